The summed E-state index contributed by atoms with van der Waals surface area (Å²) in [6.45, 7) is -3.86. The molecular formula is C27H15BrF13NO4. The third kappa shape index (κ3) is 7.33. The van der Waals surface area contributed by atoms with Crippen molar-refractivity contribution in [3.8, 4) is 11.5 Å². The van der Waals surface area contributed by atoms with Gasteiger partial charge in [0.25, 0.3) is 5.91 Å². The van der Waals surface area contributed by atoms with Crippen molar-refractivity contribution >= 4 is 33.3 Å². The molecule has 5 nitrogen and oxygen atoms in total. The van der Waals surface area contributed by atoms with Crippen LogP contribution in [0.4, 0.5) is 62.8 Å². The zero-order valence-electron chi connectivity index (χ0n) is 22.3. The summed E-state index contributed by atoms with van der Waals surface area (Å²) < 4.78 is 182. The molecule has 0 saturated heterocycles. The van der Waals surface area contributed by atoms with Gasteiger partial charge in [-0.3, -0.25) is 9.59 Å². The van der Waals surface area contributed by atoms with Crippen LogP contribution in [0.2, 0.25) is 0 Å². The number of nitrogens with one attached hydrogen (secondary N) is 1. The van der Waals surface area contributed by atoms with Gasteiger partial charge >= 0.3 is 30.8 Å². The van der Waals surface area contributed by atoms with Crippen molar-refractivity contribution in [3.63, 3.8) is 0 Å². The number of Topliss-reactive ketones (excluding diaryl/α,β-unsaturated/α-hetero) is 1. The minimum Gasteiger partial charge on any atom is -0.494 e. The Morgan fingerprint density at radius 2 is 1.50 bits per heavy atom. The monoisotopic (exact) mass is 743 g/mol. The summed E-state index contributed by atoms with van der Waals surface area (Å²) in [4.78, 5) is 25.9. The third-order valence-corrected chi connectivity index (χ3v) is 6.90. The molecule has 0 heterocycles. The van der Waals surface area contributed by atoms with Crippen LogP contribution in [-0.2, 0) is 18.3 Å². The van der Waals surface area contributed by atoms with Crippen molar-refractivity contribution < 1.29 is 76.1 Å². The Hall–Kier alpha value is -4.03. The standard InChI is InChI=1S/C27H15BrF13NO4/c1-45-21-13(3-2-4-18(21)42-22(44)11-5-6-17(29)15(7-11)25(33,34)35)19(43)10-14-16(28)8-12(9-20(14)46-23(30)31)24(32,26(36,37)38)27(39,40)41/h2-9,23H,10H2,1H3,(H,42,44). The molecule has 1 N–H and O–H groups in total. The van der Waals surface area contributed by atoms with Gasteiger partial charge in [0.05, 0.1) is 23.9 Å². The summed E-state index contributed by atoms with van der Waals surface area (Å²) >= 11 is 2.57. The summed E-state index contributed by atoms with van der Waals surface area (Å²) in [7, 11) is 0.965. The maximum absolute atomic E-state index is 14.7. The molecule has 0 unspecified atom stereocenters. The van der Waals surface area contributed by atoms with Gasteiger partial charge in [-0.2, -0.15) is 48.3 Å². The van der Waals surface area contributed by atoms with Gasteiger partial charge in [-0.1, -0.05) is 22.0 Å². The van der Waals surface area contributed by atoms with Crippen LogP contribution in [0, 0.1) is 5.82 Å². The van der Waals surface area contributed by atoms with Gasteiger partial charge in [-0.15, -0.1) is 0 Å². The quantitative estimate of drug-likeness (QED) is 0.175. The second-order valence-corrected chi connectivity index (χ2v) is 9.95. The summed E-state index contributed by atoms with van der Waals surface area (Å²) in [6, 6.07) is 4.25. The van der Waals surface area contributed by atoms with Crippen LogP contribution in [0.5, 0.6) is 11.5 Å². The Bertz CT molecular complexity index is 1620. The van der Waals surface area contributed by atoms with E-state index in [1.807, 2.05) is 0 Å². The third-order valence-electron chi connectivity index (χ3n) is 6.19. The smallest absolute Gasteiger partial charge is 0.435 e. The molecule has 0 aliphatic carbocycles. The van der Waals surface area contributed by atoms with Gasteiger partial charge in [0.2, 0.25) is 0 Å². The number of alkyl halides is 12. The number of rotatable bonds is 9. The highest BCUT2D eigenvalue weighted by Crippen LogP contribution is 2.54. The molecule has 0 saturated carbocycles. The lowest BCUT2D eigenvalue weighted by Crippen LogP contribution is -2.50. The maximum atomic E-state index is 14.7. The topological polar surface area (TPSA) is 64.6 Å². The lowest BCUT2D eigenvalue weighted by atomic mass is 9.91. The number of carbonyl (C=O) groups excluding carboxylic acids is 2. The van der Waals surface area contributed by atoms with Crippen LogP contribution in [-0.4, -0.2) is 37.8 Å². The zero-order valence-corrected chi connectivity index (χ0v) is 23.9. The van der Waals surface area contributed by atoms with E-state index in [9.17, 15) is 66.7 Å². The Morgan fingerprint density at radius 1 is 0.891 bits per heavy atom. The zero-order chi connectivity index (χ0) is 35.0. The SMILES string of the molecule is COc1c(NC(=O)c2ccc(F)c(C(F)(F)F)c2)cccc1C(=O)Cc1c(Br)cc(C(F)(C(F)(F)F)C(F)(F)F)cc1OC(F)F. The summed E-state index contributed by atoms with van der Waals surface area (Å²) in [5.74, 6) is -5.93. The van der Waals surface area contributed by atoms with Crippen LogP contribution in [0.15, 0.2) is 53.0 Å². The minimum atomic E-state index is -6.61. The largest absolute Gasteiger partial charge is 0.494 e. The van der Waals surface area contributed by atoms with E-state index in [1.54, 1.807) is 0 Å². The molecule has 0 aliphatic rings. The van der Waals surface area contributed by atoms with E-state index in [4.69, 9.17) is 4.74 Å². The number of benzene rings is 3. The summed E-state index contributed by atoms with van der Waals surface area (Å²) in [5, 5.41) is 2.14. The van der Waals surface area contributed by atoms with Crippen LogP contribution < -0.4 is 14.8 Å². The van der Waals surface area contributed by atoms with E-state index >= 15 is 0 Å². The van der Waals surface area contributed by atoms with Crippen molar-refractivity contribution in [1.82, 2.24) is 0 Å². The Kier molecular flexibility index (Phi) is 10.3. The summed E-state index contributed by atoms with van der Waals surface area (Å²) in [6.07, 6.45) is -19.5. The molecule has 0 radical (unpaired) electrons. The van der Waals surface area contributed by atoms with Crippen LogP contribution >= 0.6 is 15.9 Å². The fourth-order valence-electron chi connectivity index (χ4n) is 4.08. The first-order valence-electron chi connectivity index (χ1n) is 12.0. The van der Waals surface area contributed by atoms with E-state index in [0.29, 0.717) is 6.07 Å². The van der Waals surface area contributed by atoms with E-state index in [0.717, 1.165) is 31.4 Å². The van der Waals surface area contributed by atoms with Crippen LogP contribution in [0.1, 0.15) is 37.4 Å². The van der Waals surface area contributed by atoms with Gasteiger partial charge in [0.15, 0.2) is 11.5 Å². The number of carbonyl (C=O) groups is 2. The predicted octanol–water partition coefficient (Wildman–Crippen LogP) is 9.18. The first-order chi connectivity index (χ1) is 21.0. The molecule has 3 aromatic carbocycles. The lowest BCUT2D eigenvalue weighted by Gasteiger charge is -2.31. The Morgan fingerprint density at radius 3 is 2.02 bits per heavy atom. The molecule has 19 heteroatoms. The normalized spacial score (nSPS) is 12.7. The number of halogens is 14. The van der Waals surface area contributed by atoms with E-state index in [2.05, 4.69) is 26.0 Å². The molecule has 46 heavy (non-hydrogen) atoms. The van der Waals surface area contributed by atoms with Gasteiger partial charge in [-0.05, 0) is 42.5 Å². The molecule has 250 valence electrons. The molecule has 0 fully saturated rings. The maximum Gasteiger partial charge on any atom is 0.435 e. The minimum absolute atomic E-state index is 0.0201. The predicted molar refractivity (Wildman–Crippen MR) is 136 cm³/mol. The molecule has 0 bridgehead atoms. The van der Waals surface area contributed by atoms with Gasteiger partial charge in [-0.25, -0.2) is 8.78 Å². The molecule has 0 atom stereocenters. The number of hydrogen-bond acceptors (Lipinski definition) is 4. The fourth-order valence-corrected chi connectivity index (χ4v) is 4.66. The number of ether oxygens (including phenoxy) is 2. The second kappa shape index (κ2) is 13.0. The average molecular weight is 744 g/mol. The lowest BCUT2D eigenvalue weighted by molar-refractivity contribution is -0.348. The number of anilines is 1. The van der Waals surface area contributed by atoms with Crippen molar-refractivity contribution in [1.29, 1.82) is 0 Å². The van der Waals surface area contributed by atoms with Crippen molar-refractivity contribution in [2.75, 3.05) is 12.4 Å². The highest BCUT2D eigenvalue weighted by molar-refractivity contribution is 9.10. The Labute approximate surface area is 257 Å². The van der Waals surface area contributed by atoms with Crippen molar-refractivity contribution in [2.24, 2.45) is 0 Å². The number of hydrogen-bond donors (Lipinski definition) is 1. The number of amides is 1. The Balaban J connectivity index is 2.04. The molecule has 3 rings (SSSR count). The summed E-state index contributed by atoms with van der Waals surface area (Å²) in [5.41, 5.74) is -12.2. The second-order valence-electron chi connectivity index (χ2n) is 9.10. The first-order valence-corrected chi connectivity index (χ1v) is 12.8. The van der Waals surface area contributed by atoms with E-state index in [-0.39, 0.29) is 23.9 Å². The van der Waals surface area contributed by atoms with E-state index in [1.165, 1.54) is 0 Å². The number of para-hydroxylation sites is 1. The van der Waals surface area contributed by atoms with Crippen LogP contribution in [0.3, 0.4) is 0 Å². The molecule has 1 amide bonds. The molecule has 0 spiro atoms. The van der Waals surface area contributed by atoms with Gasteiger partial charge in [0.1, 0.15) is 11.6 Å². The molecular weight excluding hydrogens is 729 g/mol. The number of ketones is 1. The molecule has 0 aromatic heterocycles. The average Bonchev–Trinajstić information content (AvgIpc) is 2.92. The van der Waals surface area contributed by atoms with Crippen molar-refractivity contribution in [3.05, 3.63) is 86.6 Å². The molecule has 0 aliphatic heterocycles. The van der Waals surface area contributed by atoms with Gasteiger partial charge < -0.3 is 14.8 Å². The first kappa shape index (κ1) is 36.4. The molecule has 3 aromatic rings. The highest BCUT2D eigenvalue weighted by atomic mass is 79.9. The van der Waals surface area contributed by atoms with Gasteiger partial charge in [0, 0.05) is 27.6 Å². The van der Waals surface area contributed by atoms with E-state index < -0.39 is 98.5 Å². The van der Waals surface area contributed by atoms with Crippen LogP contribution in [0.25, 0.3) is 0 Å². The number of methoxy groups -OCH3 is 1. The highest BCUT2D eigenvalue weighted by Gasteiger charge is 2.73. The van der Waals surface area contributed by atoms with Crippen molar-refractivity contribution in [2.45, 2.75) is 37.2 Å². The fraction of sp³-hybridized carbons (Fsp3) is 0.259.